The Kier molecular flexibility index (Phi) is 3.78. The third kappa shape index (κ3) is 2.57. The van der Waals surface area contributed by atoms with Crippen molar-refractivity contribution in [3.8, 4) is 0 Å². The van der Waals surface area contributed by atoms with Crippen LogP contribution in [0.3, 0.4) is 0 Å². The lowest BCUT2D eigenvalue weighted by Gasteiger charge is -2.25. The first-order chi connectivity index (χ1) is 8.98. The van der Waals surface area contributed by atoms with Crippen LogP contribution in [0.5, 0.6) is 0 Å². The summed E-state index contributed by atoms with van der Waals surface area (Å²) in [5, 5.41) is 12.0. The number of aliphatic carboxylic acids is 1. The Morgan fingerprint density at radius 1 is 1.53 bits per heavy atom. The van der Waals surface area contributed by atoms with Crippen LogP contribution in [0.2, 0.25) is 0 Å². The molecule has 2 amide bonds. The summed E-state index contributed by atoms with van der Waals surface area (Å²) < 4.78 is 0. The van der Waals surface area contributed by atoms with E-state index in [1.807, 2.05) is 6.92 Å². The number of carboxylic acids is 1. The van der Waals surface area contributed by atoms with Crippen LogP contribution in [-0.2, 0) is 14.4 Å². The normalized spacial score (nSPS) is 30.5. The molecule has 2 N–H and O–H groups in total. The van der Waals surface area contributed by atoms with Gasteiger partial charge in [-0.1, -0.05) is 13.3 Å². The molecule has 0 aromatic carbocycles. The van der Waals surface area contributed by atoms with Crippen molar-refractivity contribution in [1.29, 1.82) is 0 Å². The molecule has 0 radical (unpaired) electrons. The van der Waals surface area contributed by atoms with Gasteiger partial charge in [-0.05, 0) is 19.3 Å². The van der Waals surface area contributed by atoms with Gasteiger partial charge in [0, 0.05) is 19.5 Å². The molecule has 2 saturated heterocycles. The van der Waals surface area contributed by atoms with Crippen LogP contribution in [0.25, 0.3) is 0 Å². The topological polar surface area (TPSA) is 86.7 Å². The highest BCUT2D eigenvalue weighted by atomic mass is 16.4. The lowest BCUT2D eigenvalue weighted by Crippen LogP contribution is -2.45. The third-order valence-corrected chi connectivity index (χ3v) is 4.14. The lowest BCUT2D eigenvalue weighted by atomic mass is 9.83. The van der Waals surface area contributed by atoms with Crippen LogP contribution >= 0.6 is 0 Å². The molecule has 2 heterocycles. The molecular formula is C13H20N2O4. The van der Waals surface area contributed by atoms with Gasteiger partial charge in [0.15, 0.2) is 0 Å². The molecule has 0 aromatic heterocycles. The Balaban J connectivity index is 2.02. The summed E-state index contributed by atoms with van der Waals surface area (Å²) in [5.74, 6) is -1.05. The van der Waals surface area contributed by atoms with Gasteiger partial charge in [0.1, 0.15) is 6.04 Å². The SMILES string of the molecule is CCCC1(C(=O)O)CCN(C(=O)[C@@H]2CCC(=O)N2)C1. The molecule has 0 bridgehead atoms. The quantitative estimate of drug-likeness (QED) is 0.771. The molecule has 2 aliphatic heterocycles. The van der Waals surface area contributed by atoms with E-state index in [1.165, 1.54) is 0 Å². The fraction of sp³-hybridized carbons (Fsp3) is 0.769. The lowest BCUT2D eigenvalue weighted by molar-refractivity contribution is -0.149. The molecule has 2 aliphatic rings. The summed E-state index contributed by atoms with van der Waals surface area (Å²) in [7, 11) is 0. The summed E-state index contributed by atoms with van der Waals surface area (Å²) in [6.07, 6.45) is 2.77. The van der Waals surface area contributed by atoms with Crippen molar-refractivity contribution < 1.29 is 19.5 Å². The number of nitrogens with one attached hydrogen (secondary N) is 1. The van der Waals surface area contributed by atoms with Crippen LogP contribution in [0.4, 0.5) is 0 Å². The average molecular weight is 268 g/mol. The van der Waals surface area contributed by atoms with E-state index in [2.05, 4.69) is 5.32 Å². The molecular weight excluding hydrogens is 248 g/mol. The Labute approximate surface area is 112 Å². The Morgan fingerprint density at radius 2 is 2.26 bits per heavy atom. The van der Waals surface area contributed by atoms with Crippen molar-refractivity contribution in [2.24, 2.45) is 5.41 Å². The van der Waals surface area contributed by atoms with Gasteiger partial charge < -0.3 is 15.3 Å². The molecule has 6 heteroatoms. The van der Waals surface area contributed by atoms with Crippen LogP contribution < -0.4 is 5.32 Å². The smallest absolute Gasteiger partial charge is 0.311 e. The molecule has 2 rings (SSSR count). The van der Waals surface area contributed by atoms with E-state index < -0.39 is 17.4 Å². The van der Waals surface area contributed by atoms with E-state index in [1.54, 1.807) is 4.90 Å². The van der Waals surface area contributed by atoms with Crippen molar-refractivity contribution in [3.05, 3.63) is 0 Å². The summed E-state index contributed by atoms with van der Waals surface area (Å²) in [6, 6.07) is -0.460. The fourth-order valence-corrected chi connectivity index (χ4v) is 3.04. The number of rotatable bonds is 4. The first-order valence-electron chi connectivity index (χ1n) is 6.80. The molecule has 2 atom stereocenters. The fourth-order valence-electron chi connectivity index (χ4n) is 3.04. The third-order valence-electron chi connectivity index (χ3n) is 4.14. The van der Waals surface area contributed by atoms with E-state index in [0.29, 0.717) is 32.2 Å². The molecule has 1 unspecified atom stereocenters. The zero-order chi connectivity index (χ0) is 14.0. The monoisotopic (exact) mass is 268 g/mol. The minimum absolute atomic E-state index is 0.101. The van der Waals surface area contributed by atoms with E-state index in [9.17, 15) is 19.5 Å². The van der Waals surface area contributed by atoms with Gasteiger partial charge in [0.05, 0.1) is 5.41 Å². The van der Waals surface area contributed by atoms with Crippen LogP contribution in [0.1, 0.15) is 39.0 Å². The molecule has 19 heavy (non-hydrogen) atoms. The first kappa shape index (κ1) is 13.8. The second kappa shape index (κ2) is 5.19. The van der Waals surface area contributed by atoms with Gasteiger partial charge in [-0.25, -0.2) is 0 Å². The van der Waals surface area contributed by atoms with Crippen molar-refractivity contribution in [2.45, 2.75) is 45.1 Å². The van der Waals surface area contributed by atoms with E-state index in [-0.39, 0.29) is 18.4 Å². The number of carbonyl (C=O) groups excluding carboxylic acids is 2. The van der Waals surface area contributed by atoms with E-state index in [0.717, 1.165) is 6.42 Å². The molecule has 0 saturated carbocycles. The maximum absolute atomic E-state index is 12.2. The van der Waals surface area contributed by atoms with Crippen molar-refractivity contribution in [1.82, 2.24) is 10.2 Å². The zero-order valence-corrected chi connectivity index (χ0v) is 11.1. The van der Waals surface area contributed by atoms with Crippen molar-refractivity contribution in [2.75, 3.05) is 13.1 Å². The van der Waals surface area contributed by atoms with Gasteiger partial charge in [-0.15, -0.1) is 0 Å². The Hall–Kier alpha value is -1.59. The van der Waals surface area contributed by atoms with Gasteiger partial charge in [0.2, 0.25) is 11.8 Å². The summed E-state index contributed by atoms with van der Waals surface area (Å²) >= 11 is 0. The highest BCUT2D eigenvalue weighted by Gasteiger charge is 2.46. The average Bonchev–Trinajstić information content (AvgIpc) is 2.96. The number of hydrogen-bond donors (Lipinski definition) is 2. The second-order valence-electron chi connectivity index (χ2n) is 5.50. The number of hydrogen-bond acceptors (Lipinski definition) is 3. The molecule has 0 aliphatic carbocycles. The Morgan fingerprint density at radius 3 is 2.79 bits per heavy atom. The minimum Gasteiger partial charge on any atom is -0.481 e. The highest BCUT2D eigenvalue weighted by Crippen LogP contribution is 2.36. The number of likely N-dealkylation sites (tertiary alicyclic amines) is 1. The Bertz CT molecular complexity index is 409. The van der Waals surface area contributed by atoms with Crippen molar-refractivity contribution in [3.63, 3.8) is 0 Å². The van der Waals surface area contributed by atoms with Crippen LogP contribution in [0, 0.1) is 5.41 Å². The maximum atomic E-state index is 12.2. The summed E-state index contributed by atoms with van der Waals surface area (Å²) in [5.41, 5.74) is -0.799. The number of nitrogens with zero attached hydrogens (tertiary/aromatic N) is 1. The first-order valence-corrected chi connectivity index (χ1v) is 6.80. The maximum Gasteiger partial charge on any atom is 0.311 e. The van der Waals surface area contributed by atoms with Crippen molar-refractivity contribution >= 4 is 17.8 Å². The summed E-state index contributed by atoms with van der Waals surface area (Å²) in [6.45, 7) is 2.69. The molecule has 106 valence electrons. The van der Waals surface area contributed by atoms with Crippen LogP contribution in [0.15, 0.2) is 0 Å². The van der Waals surface area contributed by atoms with E-state index >= 15 is 0 Å². The number of amides is 2. The predicted octanol–water partition coefficient (Wildman–Crippen LogP) is 0.368. The second-order valence-corrected chi connectivity index (χ2v) is 5.50. The number of carbonyl (C=O) groups is 3. The highest BCUT2D eigenvalue weighted by molar-refractivity contribution is 5.91. The van der Waals surface area contributed by atoms with Gasteiger partial charge >= 0.3 is 5.97 Å². The zero-order valence-electron chi connectivity index (χ0n) is 11.1. The predicted molar refractivity (Wildman–Crippen MR) is 67.3 cm³/mol. The van der Waals surface area contributed by atoms with Gasteiger partial charge in [-0.3, -0.25) is 14.4 Å². The molecule has 0 aromatic rings. The summed E-state index contributed by atoms with van der Waals surface area (Å²) in [4.78, 5) is 36.4. The molecule has 2 fully saturated rings. The van der Waals surface area contributed by atoms with Gasteiger partial charge in [0.25, 0.3) is 0 Å². The number of carboxylic acid groups (broad SMARTS) is 1. The van der Waals surface area contributed by atoms with Crippen LogP contribution in [-0.4, -0.2) is 46.9 Å². The molecule has 6 nitrogen and oxygen atoms in total. The largest absolute Gasteiger partial charge is 0.481 e. The van der Waals surface area contributed by atoms with Gasteiger partial charge in [-0.2, -0.15) is 0 Å². The standard InChI is InChI=1S/C13H20N2O4/c1-2-5-13(12(18)19)6-7-15(8-13)11(17)9-3-4-10(16)14-9/h9H,2-8H2,1H3,(H,14,16)(H,18,19)/t9-,13?/m0/s1. The molecule has 0 spiro atoms. The minimum atomic E-state index is -0.819. The van der Waals surface area contributed by atoms with E-state index in [4.69, 9.17) is 0 Å².